The van der Waals surface area contributed by atoms with Gasteiger partial charge in [-0.1, -0.05) is 0 Å². The van der Waals surface area contributed by atoms with Gasteiger partial charge in [-0.15, -0.1) is 4.94 Å². The molecule has 2 heterocycles. The molecule has 0 aliphatic carbocycles. The summed E-state index contributed by atoms with van der Waals surface area (Å²) in [5.74, 6) is 0.179. The molecule has 0 atom stereocenters. The molecule has 0 saturated carbocycles. The lowest BCUT2D eigenvalue weighted by Gasteiger charge is -2.00. The zero-order valence-electron chi connectivity index (χ0n) is 6.78. The first-order chi connectivity index (χ1) is 6.81. The van der Waals surface area contributed by atoms with Crippen LogP contribution in [-0.2, 0) is 0 Å². The first-order valence-electron chi connectivity index (χ1n) is 3.64. The molecule has 0 bridgehead atoms. The lowest BCUT2D eigenvalue weighted by atomic mass is 10.5. The molecule has 2 aromatic heterocycles. The van der Waals surface area contributed by atoms with Gasteiger partial charge in [-0.25, -0.2) is 9.97 Å². The van der Waals surface area contributed by atoms with Crippen molar-refractivity contribution in [3.8, 4) is 0 Å². The van der Waals surface area contributed by atoms with E-state index in [-0.39, 0.29) is 22.7 Å². The molecule has 14 heavy (non-hydrogen) atoms. The molecule has 0 aromatic carbocycles. The molecule has 72 valence electrons. The smallest absolute Gasteiger partial charge is 0.280 e. The Hall–Kier alpha value is -1.73. The van der Waals surface area contributed by atoms with Crippen molar-refractivity contribution >= 4 is 28.9 Å². The van der Waals surface area contributed by atoms with Crippen molar-refractivity contribution in [2.45, 2.75) is 0 Å². The van der Waals surface area contributed by atoms with Crippen LogP contribution in [0.15, 0.2) is 17.2 Å². The Morgan fingerprint density at radius 1 is 1.36 bits per heavy atom. The van der Waals surface area contributed by atoms with Gasteiger partial charge in [0.1, 0.15) is 0 Å². The van der Waals surface area contributed by atoms with Gasteiger partial charge >= 0.3 is 0 Å². The van der Waals surface area contributed by atoms with Gasteiger partial charge in [-0.05, 0) is 11.8 Å². The van der Waals surface area contributed by atoms with Crippen molar-refractivity contribution in [1.82, 2.24) is 24.9 Å². The number of hydrogen-bond donors (Lipinski definition) is 3. The minimum absolute atomic E-state index is 0.179. The number of aromatic amines is 1. The highest BCUT2D eigenvalue weighted by molar-refractivity contribution is 6.13. The van der Waals surface area contributed by atoms with E-state index in [1.807, 2.05) is 0 Å². The van der Waals surface area contributed by atoms with Crippen LogP contribution in [0.5, 0.6) is 0 Å². The van der Waals surface area contributed by atoms with Gasteiger partial charge in [0.05, 0.1) is 0 Å². The molecule has 0 aliphatic rings. The number of nitrogens with one attached hydrogen (secondary N) is 3. The van der Waals surface area contributed by atoms with Gasteiger partial charge in [-0.3, -0.25) is 15.2 Å². The number of halogens is 1. The molecule has 8 heteroatoms. The molecule has 0 spiro atoms. The summed E-state index contributed by atoms with van der Waals surface area (Å²) in [7, 11) is 0. The van der Waals surface area contributed by atoms with Gasteiger partial charge in [0, 0.05) is 12.4 Å². The van der Waals surface area contributed by atoms with Crippen LogP contribution in [0.4, 0.5) is 5.95 Å². The molecule has 0 radical (unpaired) electrons. The van der Waals surface area contributed by atoms with Gasteiger partial charge in [0.15, 0.2) is 11.2 Å². The van der Waals surface area contributed by atoms with Crippen molar-refractivity contribution in [2.24, 2.45) is 0 Å². The number of H-pyrrole nitrogens is 1. The standard InChI is InChI=1S/C6H5ClN6O/c7-13-12-6-10-4-3(5(14)11-6)8-1-2-9-4/h1-2,13H,(H2,9,10,11,12,14). The summed E-state index contributed by atoms with van der Waals surface area (Å²) in [4.78, 5) is 27.6. The van der Waals surface area contributed by atoms with Gasteiger partial charge in [-0.2, -0.15) is 4.98 Å². The van der Waals surface area contributed by atoms with Crippen molar-refractivity contribution in [1.29, 1.82) is 0 Å². The molecule has 3 N–H and O–H groups in total. The van der Waals surface area contributed by atoms with Gasteiger partial charge < -0.3 is 0 Å². The molecule has 0 saturated heterocycles. The monoisotopic (exact) mass is 212 g/mol. The van der Waals surface area contributed by atoms with Gasteiger partial charge in [0.2, 0.25) is 5.95 Å². The number of nitrogens with zero attached hydrogens (tertiary/aromatic N) is 3. The second-order valence-electron chi connectivity index (χ2n) is 2.36. The van der Waals surface area contributed by atoms with Crippen LogP contribution in [0, 0.1) is 0 Å². The predicted octanol–water partition coefficient (Wildman–Crippen LogP) is -0.217. The zero-order valence-corrected chi connectivity index (χ0v) is 7.54. The van der Waals surface area contributed by atoms with Crippen molar-refractivity contribution in [3.63, 3.8) is 0 Å². The fourth-order valence-corrected chi connectivity index (χ4v) is 1.07. The summed E-state index contributed by atoms with van der Waals surface area (Å²) in [5.41, 5.74) is 2.49. The van der Waals surface area contributed by atoms with Crippen LogP contribution in [-0.4, -0.2) is 19.9 Å². The summed E-state index contributed by atoms with van der Waals surface area (Å²) < 4.78 is 0. The SMILES string of the molecule is O=c1[nH]c(NNCl)nc2nccnc12. The maximum Gasteiger partial charge on any atom is 0.280 e. The van der Waals surface area contributed by atoms with E-state index in [0.717, 1.165) is 0 Å². The average Bonchev–Trinajstić information content (AvgIpc) is 2.18. The first kappa shape index (κ1) is 8.85. The number of hydrazine groups is 1. The van der Waals surface area contributed by atoms with Crippen LogP contribution in [0.3, 0.4) is 0 Å². The summed E-state index contributed by atoms with van der Waals surface area (Å²) in [5, 5.41) is 0. The van der Waals surface area contributed by atoms with E-state index in [2.05, 4.69) is 30.3 Å². The molecule has 0 fully saturated rings. The lowest BCUT2D eigenvalue weighted by molar-refractivity contribution is 1.05. The van der Waals surface area contributed by atoms with E-state index in [1.165, 1.54) is 12.4 Å². The Morgan fingerprint density at radius 3 is 2.93 bits per heavy atom. The fraction of sp³-hybridized carbons (Fsp3) is 0. The van der Waals surface area contributed by atoms with E-state index in [4.69, 9.17) is 11.8 Å². The van der Waals surface area contributed by atoms with Crippen LogP contribution in [0.1, 0.15) is 0 Å². The average molecular weight is 213 g/mol. The van der Waals surface area contributed by atoms with E-state index in [1.54, 1.807) is 0 Å². The maximum atomic E-state index is 11.4. The number of hydrogen-bond acceptors (Lipinski definition) is 6. The lowest BCUT2D eigenvalue weighted by Crippen LogP contribution is -2.18. The fourth-order valence-electron chi connectivity index (χ4n) is 0.977. The molecule has 2 rings (SSSR count). The third-order valence-corrected chi connectivity index (χ3v) is 1.60. The minimum atomic E-state index is -0.377. The van der Waals surface area contributed by atoms with Gasteiger partial charge in [0.25, 0.3) is 5.56 Å². The van der Waals surface area contributed by atoms with E-state index < -0.39 is 0 Å². The topological polar surface area (TPSA) is 95.6 Å². The van der Waals surface area contributed by atoms with Crippen LogP contribution in [0.25, 0.3) is 11.2 Å². The third kappa shape index (κ3) is 1.50. The highest BCUT2D eigenvalue weighted by atomic mass is 35.5. The largest absolute Gasteiger partial charge is 0.290 e. The minimum Gasteiger partial charge on any atom is -0.290 e. The molecular weight excluding hydrogens is 208 g/mol. The predicted molar refractivity (Wildman–Crippen MR) is 50.6 cm³/mol. The van der Waals surface area contributed by atoms with Crippen LogP contribution in [0.2, 0.25) is 0 Å². The Labute approximate surface area is 82.6 Å². The van der Waals surface area contributed by atoms with Crippen LogP contribution < -0.4 is 15.9 Å². The summed E-state index contributed by atoms with van der Waals surface area (Å²) in [6, 6.07) is 0. The maximum absolute atomic E-state index is 11.4. The number of rotatable bonds is 2. The van der Waals surface area contributed by atoms with Crippen molar-refractivity contribution < 1.29 is 0 Å². The first-order valence-corrected chi connectivity index (χ1v) is 4.02. The normalized spacial score (nSPS) is 10.4. The molecule has 0 unspecified atom stereocenters. The van der Waals surface area contributed by atoms with E-state index >= 15 is 0 Å². The highest BCUT2D eigenvalue weighted by Gasteiger charge is 2.03. The van der Waals surface area contributed by atoms with E-state index in [0.29, 0.717) is 0 Å². The Bertz CT molecular complexity index is 511. The van der Waals surface area contributed by atoms with Crippen molar-refractivity contribution in [3.05, 3.63) is 22.7 Å². The number of anilines is 1. The second-order valence-corrected chi connectivity index (χ2v) is 2.55. The number of aromatic nitrogens is 4. The quantitative estimate of drug-likeness (QED) is 0.471. The van der Waals surface area contributed by atoms with Crippen molar-refractivity contribution in [2.75, 3.05) is 5.43 Å². The summed E-state index contributed by atoms with van der Waals surface area (Å²) in [6.07, 6.45) is 2.87. The van der Waals surface area contributed by atoms with E-state index in [9.17, 15) is 4.79 Å². The molecule has 2 aromatic rings. The Morgan fingerprint density at radius 2 is 2.14 bits per heavy atom. The molecular formula is C6H5ClN6O. The molecule has 7 nitrogen and oxygen atoms in total. The molecule has 0 amide bonds. The number of fused-ring (bicyclic) bond motifs is 1. The summed E-state index contributed by atoms with van der Waals surface area (Å²) in [6.45, 7) is 0. The Balaban J connectivity index is 2.66. The molecule has 0 aliphatic heterocycles. The zero-order chi connectivity index (χ0) is 9.97. The third-order valence-electron chi connectivity index (χ3n) is 1.51. The highest BCUT2D eigenvalue weighted by Crippen LogP contribution is 2.00. The van der Waals surface area contributed by atoms with Crippen LogP contribution >= 0.6 is 11.8 Å². The second kappa shape index (κ2) is 3.56. The summed E-state index contributed by atoms with van der Waals surface area (Å²) >= 11 is 5.18. The Kier molecular flexibility index (Phi) is 2.25.